The predicted octanol–water partition coefficient (Wildman–Crippen LogP) is 3.38. The molecule has 1 aromatic carbocycles. The molecule has 0 spiro atoms. The third-order valence-corrected chi connectivity index (χ3v) is 2.37. The van der Waals surface area contributed by atoms with Gasteiger partial charge in [-0.1, -0.05) is 17.7 Å². The summed E-state index contributed by atoms with van der Waals surface area (Å²) >= 11 is 11.4. The third-order valence-electron chi connectivity index (χ3n) is 1.93. The van der Waals surface area contributed by atoms with E-state index in [1.54, 1.807) is 13.0 Å². The Hall–Kier alpha value is -0.930. The SMILES string of the molecule is Cc1ccc(F)c2c(Cl)nc(Cl)nc12. The maximum absolute atomic E-state index is 13.4. The molecule has 2 nitrogen and oxygen atoms in total. The van der Waals surface area contributed by atoms with E-state index in [1.165, 1.54) is 6.07 Å². The van der Waals surface area contributed by atoms with Gasteiger partial charge in [0.05, 0.1) is 10.9 Å². The van der Waals surface area contributed by atoms with Crippen molar-refractivity contribution in [1.29, 1.82) is 0 Å². The van der Waals surface area contributed by atoms with Crippen molar-refractivity contribution in [2.45, 2.75) is 6.92 Å². The van der Waals surface area contributed by atoms with Crippen LogP contribution < -0.4 is 0 Å². The van der Waals surface area contributed by atoms with Crippen molar-refractivity contribution >= 4 is 34.1 Å². The molecule has 5 heteroatoms. The number of aromatic nitrogens is 2. The summed E-state index contributed by atoms with van der Waals surface area (Å²) in [4.78, 5) is 7.61. The van der Waals surface area contributed by atoms with Gasteiger partial charge in [0.1, 0.15) is 11.0 Å². The fraction of sp³-hybridized carbons (Fsp3) is 0.111. The standard InChI is InChI=1S/C9H5Cl2FN2/c1-4-2-3-5(12)6-7(4)13-9(11)14-8(6)10/h2-3H,1H3. The van der Waals surface area contributed by atoms with E-state index < -0.39 is 5.82 Å². The molecule has 2 rings (SSSR count). The molecule has 1 aromatic heterocycles. The average Bonchev–Trinajstić information content (AvgIpc) is 2.10. The molecule has 0 aliphatic rings. The van der Waals surface area contributed by atoms with Gasteiger partial charge in [-0.2, -0.15) is 0 Å². The average molecular weight is 231 g/mol. The topological polar surface area (TPSA) is 25.8 Å². The van der Waals surface area contributed by atoms with Crippen LogP contribution in [0, 0.1) is 12.7 Å². The van der Waals surface area contributed by atoms with E-state index in [9.17, 15) is 4.39 Å². The van der Waals surface area contributed by atoms with Crippen molar-refractivity contribution < 1.29 is 4.39 Å². The number of nitrogens with zero attached hydrogens (tertiary/aromatic N) is 2. The molecule has 0 saturated heterocycles. The molecule has 2 aromatic rings. The van der Waals surface area contributed by atoms with Crippen molar-refractivity contribution in [1.82, 2.24) is 9.97 Å². The number of aryl methyl sites for hydroxylation is 1. The summed E-state index contributed by atoms with van der Waals surface area (Å²) in [6, 6.07) is 2.96. The van der Waals surface area contributed by atoms with Gasteiger partial charge in [-0.15, -0.1) is 0 Å². The van der Waals surface area contributed by atoms with Crippen LogP contribution in [-0.2, 0) is 0 Å². The minimum absolute atomic E-state index is 0.0243. The number of hydrogen-bond donors (Lipinski definition) is 0. The molecule has 0 N–H and O–H groups in total. The molecule has 14 heavy (non-hydrogen) atoms. The van der Waals surface area contributed by atoms with Crippen molar-refractivity contribution in [3.8, 4) is 0 Å². The lowest BCUT2D eigenvalue weighted by atomic mass is 10.1. The van der Waals surface area contributed by atoms with Crippen LogP contribution in [0.2, 0.25) is 10.4 Å². The number of fused-ring (bicyclic) bond motifs is 1. The fourth-order valence-corrected chi connectivity index (χ4v) is 1.74. The summed E-state index contributed by atoms with van der Waals surface area (Å²) < 4.78 is 13.4. The van der Waals surface area contributed by atoms with Crippen molar-refractivity contribution in [2.75, 3.05) is 0 Å². The first-order valence-corrected chi connectivity index (χ1v) is 4.63. The lowest BCUT2D eigenvalue weighted by molar-refractivity contribution is 0.639. The predicted molar refractivity (Wildman–Crippen MR) is 54.3 cm³/mol. The summed E-state index contributed by atoms with van der Waals surface area (Å²) in [5.41, 5.74) is 1.27. The molecule has 0 aliphatic heterocycles. The maximum Gasteiger partial charge on any atom is 0.224 e. The van der Waals surface area contributed by atoms with Crippen LogP contribution in [0.3, 0.4) is 0 Å². The van der Waals surface area contributed by atoms with Crippen molar-refractivity contribution in [2.24, 2.45) is 0 Å². The van der Waals surface area contributed by atoms with E-state index in [2.05, 4.69) is 9.97 Å². The molecular weight excluding hydrogens is 226 g/mol. The van der Waals surface area contributed by atoms with Crippen LogP contribution in [0.4, 0.5) is 4.39 Å². The first kappa shape index (κ1) is 9.62. The zero-order valence-electron chi connectivity index (χ0n) is 7.18. The number of benzene rings is 1. The second-order valence-electron chi connectivity index (χ2n) is 2.87. The van der Waals surface area contributed by atoms with Gasteiger partial charge >= 0.3 is 0 Å². The van der Waals surface area contributed by atoms with Gasteiger partial charge in [0.25, 0.3) is 0 Å². The van der Waals surface area contributed by atoms with Gasteiger partial charge in [-0.05, 0) is 30.2 Å². The molecule has 0 atom stereocenters. The molecule has 0 bridgehead atoms. The van der Waals surface area contributed by atoms with Gasteiger partial charge in [0, 0.05) is 0 Å². The van der Waals surface area contributed by atoms with E-state index in [0.717, 1.165) is 5.56 Å². The summed E-state index contributed by atoms with van der Waals surface area (Å²) in [7, 11) is 0. The largest absolute Gasteiger partial charge is 0.224 e. The van der Waals surface area contributed by atoms with Crippen LogP contribution in [-0.4, -0.2) is 9.97 Å². The Labute approximate surface area is 89.7 Å². The van der Waals surface area contributed by atoms with E-state index in [4.69, 9.17) is 23.2 Å². The van der Waals surface area contributed by atoms with E-state index in [1.807, 2.05) is 0 Å². The Bertz CT molecular complexity index is 514. The Balaban J connectivity index is 3.00. The summed E-state index contributed by atoms with van der Waals surface area (Å²) in [6.45, 7) is 1.81. The van der Waals surface area contributed by atoms with Crippen molar-refractivity contribution in [3.05, 3.63) is 34.0 Å². The third kappa shape index (κ3) is 1.42. The Morgan fingerprint density at radius 1 is 1.21 bits per heavy atom. The van der Waals surface area contributed by atoms with Gasteiger partial charge in [0.15, 0.2) is 0 Å². The highest BCUT2D eigenvalue weighted by Gasteiger charge is 2.11. The monoisotopic (exact) mass is 230 g/mol. The summed E-state index contributed by atoms with van der Waals surface area (Å²) in [5, 5.41) is 0.286. The van der Waals surface area contributed by atoms with E-state index in [-0.39, 0.29) is 15.8 Å². The van der Waals surface area contributed by atoms with Crippen molar-refractivity contribution in [3.63, 3.8) is 0 Å². The zero-order chi connectivity index (χ0) is 10.3. The van der Waals surface area contributed by atoms with Crippen LogP contribution in [0.15, 0.2) is 12.1 Å². The van der Waals surface area contributed by atoms with E-state index >= 15 is 0 Å². The van der Waals surface area contributed by atoms with E-state index in [0.29, 0.717) is 5.52 Å². The van der Waals surface area contributed by atoms with Crippen LogP contribution >= 0.6 is 23.2 Å². The van der Waals surface area contributed by atoms with Crippen LogP contribution in [0.1, 0.15) is 5.56 Å². The molecule has 0 radical (unpaired) electrons. The lowest BCUT2D eigenvalue weighted by Gasteiger charge is -2.03. The summed E-state index contributed by atoms with van der Waals surface area (Å²) in [5.74, 6) is -0.438. The highest BCUT2D eigenvalue weighted by Crippen LogP contribution is 2.26. The maximum atomic E-state index is 13.4. The molecular formula is C9H5Cl2FN2. The number of rotatable bonds is 0. The number of hydrogen-bond acceptors (Lipinski definition) is 2. The quantitative estimate of drug-likeness (QED) is 0.513. The van der Waals surface area contributed by atoms with Gasteiger partial charge in [0.2, 0.25) is 5.28 Å². The molecule has 0 amide bonds. The highest BCUT2D eigenvalue weighted by molar-refractivity contribution is 6.35. The van der Waals surface area contributed by atoms with Gasteiger partial charge in [-0.3, -0.25) is 0 Å². The first-order chi connectivity index (χ1) is 6.59. The molecule has 0 aliphatic carbocycles. The van der Waals surface area contributed by atoms with Gasteiger partial charge in [-0.25, -0.2) is 14.4 Å². The first-order valence-electron chi connectivity index (χ1n) is 3.87. The Morgan fingerprint density at radius 2 is 1.93 bits per heavy atom. The molecule has 0 fully saturated rings. The van der Waals surface area contributed by atoms with Crippen LogP contribution in [0.25, 0.3) is 10.9 Å². The van der Waals surface area contributed by atoms with Crippen LogP contribution in [0.5, 0.6) is 0 Å². The minimum atomic E-state index is -0.438. The zero-order valence-corrected chi connectivity index (χ0v) is 8.69. The molecule has 1 heterocycles. The Morgan fingerprint density at radius 3 is 2.64 bits per heavy atom. The molecule has 0 saturated carbocycles. The smallest absolute Gasteiger partial charge is 0.217 e. The fourth-order valence-electron chi connectivity index (χ4n) is 1.27. The Kier molecular flexibility index (Phi) is 2.29. The molecule has 0 unspecified atom stereocenters. The minimum Gasteiger partial charge on any atom is -0.217 e. The highest BCUT2D eigenvalue weighted by atomic mass is 35.5. The second kappa shape index (κ2) is 3.33. The lowest BCUT2D eigenvalue weighted by Crippen LogP contribution is -1.92. The number of halogens is 3. The summed E-state index contributed by atoms with van der Waals surface area (Å²) in [6.07, 6.45) is 0. The molecule has 72 valence electrons. The second-order valence-corrected chi connectivity index (χ2v) is 3.57. The van der Waals surface area contributed by atoms with Gasteiger partial charge < -0.3 is 0 Å². The normalized spacial score (nSPS) is 10.9.